The molecule has 29 heavy (non-hydrogen) atoms. The molecule has 0 aliphatic rings. The molecule has 0 saturated heterocycles. The number of methoxy groups -OCH3 is 1. The first-order valence-electron chi connectivity index (χ1n) is 9.02. The lowest BCUT2D eigenvalue weighted by Gasteiger charge is -2.13. The Kier molecular flexibility index (Phi) is 11.6. The van der Waals surface area contributed by atoms with E-state index < -0.39 is 9.84 Å². The lowest BCUT2D eigenvalue weighted by molar-refractivity contribution is 0.172. The molecule has 0 spiro atoms. The third-order valence-electron chi connectivity index (χ3n) is 3.85. The highest BCUT2D eigenvalue weighted by Crippen LogP contribution is 2.17. The van der Waals surface area contributed by atoms with Crippen molar-refractivity contribution in [2.24, 2.45) is 4.99 Å². The molecule has 0 heterocycles. The molecule has 7 nitrogen and oxygen atoms in total. The van der Waals surface area contributed by atoms with Gasteiger partial charge in [0, 0.05) is 45.5 Å². The maximum Gasteiger partial charge on any atom is 0.195 e. The van der Waals surface area contributed by atoms with E-state index in [9.17, 15) is 8.42 Å². The van der Waals surface area contributed by atoms with E-state index in [1.807, 2.05) is 24.3 Å². The number of hydrogen-bond donors (Lipinski definition) is 2. The maximum absolute atomic E-state index is 12.3. The van der Waals surface area contributed by atoms with Gasteiger partial charge in [-0.15, -0.1) is 24.0 Å². The van der Waals surface area contributed by atoms with Crippen LogP contribution in [-0.2, 0) is 14.6 Å². The van der Waals surface area contributed by atoms with Crippen LogP contribution in [0.2, 0.25) is 0 Å². The first-order valence-corrected chi connectivity index (χ1v) is 10.7. The Morgan fingerprint density at radius 1 is 1.07 bits per heavy atom. The Hall–Kier alpha value is -1.85. The van der Waals surface area contributed by atoms with Crippen LogP contribution in [0.3, 0.4) is 0 Å². The summed E-state index contributed by atoms with van der Waals surface area (Å²) >= 11 is 0. The second-order valence-electron chi connectivity index (χ2n) is 5.98. The lowest BCUT2D eigenvalue weighted by Crippen LogP contribution is -2.34. The number of hydrogen-bond acceptors (Lipinski definition) is 5. The molecule has 2 N–H and O–H groups in total. The zero-order valence-electron chi connectivity index (χ0n) is 16.6. The standard InChI is InChI=1S/C20H27N3O4S.HI/c1-21-20(22-12-15-28(24,25)19-10-4-3-5-11-19)23-17-8-6-9-18(16-17)27-14-7-13-26-2;/h3-6,8-11,16H,7,12-15H2,1-2H3,(H2,21,22,23);1H. The summed E-state index contributed by atoms with van der Waals surface area (Å²) in [6, 6.07) is 15.9. The van der Waals surface area contributed by atoms with Gasteiger partial charge >= 0.3 is 0 Å². The van der Waals surface area contributed by atoms with E-state index >= 15 is 0 Å². The smallest absolute Gasteiger partial charge is 0.195 e. The first kappa shape index (κ1) is 25.2. The number of aliphatic imine (C=N–C) groups is 1. The van der Waals surface area contributed by atoms with Gasteiger partial charge in [-0.25, -0.2) is 8.42 Å². The number of nitrogens with one attached hydrogen (secondary N) is 2. The Bertz CT molecular complexity index is 861. The highest BCUT2D eigenvalue weighted by atomic mass is 127. The summed E-state index contributed by atoms with van der Waals surface area (Å²) in [4.78, 5) is 4.45. The molecule has 2 rings (SSSR count). The fourth-order valence-electron chi connectivity index (χ4n) is 2.42. The highest BCUT2D eigenvalue weighted by molar-refractivity contribution is 14.0. The van der Waals surface area contributed by atoms with E-state index in [0.29, 0.717) is 24.1 Å². The minimum atomic E-state index is -3.33. The molecule has 2 aromatic rings. The summed E-state index contributed by atoms with van der Waals surface area (Å²) in [6.07, 6.45) is 0.813. The molecular weight excluding hydrogens is 505 g/mol. The quantitative estimate of drug-likeness (QED) is 0.211. The monoisotopic (exact) mass is 533 g/mol. The van der Waals surface area contributed by atoms with Crippen LogP contribution in [0.4, 0.5) is 5.69 Å². The zero-order valence-corrected chi connectivity index (χ0v) is 19.8. The van der Waals surface area contributed by atoms with Gasteiger partial charge in [-0.2, -0.15) is 0 Å². The van der Waals surface area contributed by atoms with E-state index in [1.165, 1.54) is 0 Å². The van der Waals surface area contributed by atoms with Crippen LogP contribution in [0.5, 0.6) is 5.75 Å². The van der Waals surface area contributed by atoms with Crippen molar-refractivity contribution in [2.75, 3.05) is 45.0 Å². The fraction of sp³-hybridized carbons (Fsp3) is 0.350. The van der Waals surface area contributed by atoms with Gasteiger partial charge in [0.15, 0.2) is 15.8 Å². The number of rotatable bonds is 10. The largest absolute Gasteiger partial charge is 0.493 e. The molecule has 0 bridgehead atoms. The molecule has 0 fully saturated rings. The molecule has 2 aromatic carbocycles. The summed E-state index contributed by atoms with van der Waals surface area (Å²) in [6.45, 7) is 1.46. The number of anilines is 1. The molecular formula is C20H28IN3O4S. The van der Waals surface area contributed by atoms with Crippen molar-refractivity contribution in [2.45, 2.75) is 11.3 Å². The van der Waals surface area contributed by atoms with Crippen LogP contribution in [0, 0.1) is 0 Å². The maximum atomic E-state index is 12.3. The van der Waals surface area contributed by atoms with Crippen LogP contribution >= 0.6 is 24.0 Å². The molecule has 0 radical (unpaired) electrons. The van der Waals surface area contributed by atoms with Crippen LogP contribution in [0.1, 0.15) is 6.42 Å². The summed E-state index contributed by atoms with van der Waals surface area (Å²) in [5.74, 6) is 1.20. The van der Waals surface area contributed by atoms with Crippen LogP contribution < -0.4 is 15.4 Å². The molecule has 9 heteroatoms. The second-order valence-corrected chi connectivity index (χ2v) is 8.09. The van der Waals surface area contributed by atoms with Crippen molar-refractivity contribution >= 4 is 45.5 Å². The lowest BCUT2D eigenvalue weighted by atomic mass is 10.3. The summed E-state index contributed by atoms with van der Waals surface area (Å²) in [7, 11) is -0.0423. The van der Waals surface area contributed by atoms with Crippen LogP contribution in [0.15, 0.2) is 64.5 Å². The van der Waals surface area contributed by atoms with Crippen molar-refractivity contribution in [3.8, 4) is 5.75 Å². The minimum absolute atomic E-state index is 0. The van der Waals surface area contributed by atoms with E-state index in [0.717, 1.165) is 17.9 Å². The Labute approximate surface area is 189 Å². The minimum Gasteiger partial charge on any atom is -0.493 e. The molecule has 0 aliphatic heterocycles. The average Bonchev–Trinajstić information content (AvgIpc) is 2.71. The molecule has 160 valence electrons. The highest BCUT2D eigenvalue weighted by Gasteiger charge is 2.13. The van der Waals surface area contributed by atoms with Crippen molar-refractivity contribution < 1.29 is 17.9 Å². The predicted octanol–water partition coefficient (Wildman–Crippen LogP) is 3.18. The van der Waals surface area contributed by atoms with Crippen LogP contribution in [-0.4, -0.2) is 54.0 Å². The third-order valence-corrected chi connectivity index (χ3v) is 5.58. The number of sulfone groups is 1. The number of nitrogens with zero attached hydrogens (tertiary/aromatic N) is 1. The SMILES string of the molecule is CN=C(NCCS(=O)(=O)c1ccccc1)Nc1cccc(OCCCOC)c1.I. The summed E-state index contributed by atoms with van der Waals surface area (Å²) in [5.41, 5.74) is 0.795. The molecule has 0 saturated carbocycles. The Balaban J connectivity index is 0.00000420. The van der Waals surface area contributed by atoms with Gasteiger partial charge in [-0.1, -0.05) is 24.3 Å². The van der Waals surface area contributed by atoms with E-state index in [1.54, 1.807) is 44.5 Å². The van der Waals surface area contributed by atoms with Crippen molar-refractivity contribution in [1.82, 2.24) is 5.32 Å². The zero-order chi connectivity index (χ0) is 20.2. The van der Waals surface area contributed by atoms with Crippen molar-refractivity contribution in [3.05, 3.63) is 54.6 Å². The predicted molar refractivity (Wildman–Crippen MR) is 127 cm³/mol. The molecule has 0 unspecified atom stereocenters. The number of guanidine groups is 1. The average molecular weight is 533 g/mol. The van der Waals surface area contributed by atoms with Crippen molar-refractivity contribution in [1.29, 1.82) is 0 Å². The van der Waals surface area contributed by atoms with E-state index in [4.69, 9.17) is 9.47 Å². The fourth-order valence-corrected chi connectivity index (χ4v) is 3.60. The van der Waals surface area contributed by atoms with Gasteiger partial charge in [0.25, 0.3) is 0 Å². The third kappa shape index (κ3) is 9.01. The van der Waals surface area contributed by atoms with E-state index in [2.05, 4.69) is 15.6 Å². The topological polar surface area (TPSA) is 89.0 Å². The molecule has 0 atom stereocenters. The number of halogens is 1. The van der Waals surface area contributed by atoms with Gasteiger partial charge < -0.3 is 20.1 Å². The molecule has 0 aromatic heterocycles. The second kappa shape index (κ2) is 13.4. The van der Waals surface area contributed by atoms with Gasteiger partial charge in [0.1, 0.15) is 5.75 Å². The van der Waals surface area contributed by atoms with E-state index in [-0.39, 0.29) is 36.3 Å². The summed E-state index contributed by atoms with van der Waals surface area (Å²) in [5, 5.41) is 6.16. The van der Waals surface area contributed by atoms with Gasteiger partial charge in [0.2, 0.25) is 0 Å². The Morgan fingerprint density at radius 3 is 2.52 bits per heavy atom. The summed E-state index contributed by atoms with van der Waals surface area (Å²) < 4.78 is 35.3. The molecule has 0 aliphatic carbocycles. The normalized spacial score (nSPS) is 11.4. The van der Waals surface area contributed by atoms with Crippen molar-refractivity contribution in [3.63, 3.8) is 0 Å². The Morgan fingerprint density at radius 2 is 1.83 bits per heavy atom. The molecule has 0 amide bonds. The number of benzene rings is 2. The van der Waals surface area contributed by atoms with Gasteiger partial charge in [0.05, 0.1) is 17.3 Å². The van der Waals surface area contributed by atoms with Crippen LogP contribution in [0.25, 0.3) is 0 Å². The first-order chi connectivity index (χ1) is 13.5. The van der Waals surface area contributed by atoms with Gasteiger partial charge in [-0.3, -0.25) is 4.99 Å². The number of ether oxygens (including phenoxy) is 2. The van der Waals surface area contributed by atoms with Gasteiger partial charge in [-0.05, 0) is 24.3 Å².